The molecule has 7 aromatic rings. The Morgan fingerprint density at radius 2 is 1.54 bits per heavy atom. The standard InChI is InChI=1S/C34H28ClNO3/c1-34(2,3)20-8-13-27-25(16-20)32-28(38-5)15-12-26(35)33(32)36(27)21-9-6-19-7-14-29-31(24(19)17-21)23-11-10-22(37-4)18-30(23)39-29/h6-18H,1-5H3. The van der Waals surface area contributed by atoms with Gasteiger partial charge in [-0.05, 0) is 76.3 Å². The van der Waals surface area contributed by atoms with Gasteiger partial charge < -0.3 is 18.5 Å². The average molecular weight is 534 g/mol. The smallest absolute Gasteiger partial charge is 0.139 e. The number of nitrogens with zero attached hydrogens (tertiary/aromatic N) is 1. The van der Waals surface area contributed by atoms with E-state index < -0.39 is 0 Å². The number of aromatic nitrogens is 1. The number of fused-ring (bicyclic) bond motifs is 8. The van der Waals surface area contributed by atoms with E-state index in [9.17, 15) is 0 Å². The van der Waals surface area contributed by atoms with Gasteiger partial charge in [0.25, 0.3) is 0 Å². The normalized spacial score (nSPS) is 12.4. The third kappa shape index (κ3) is 3.51. The Morgan fingerprint density at radius 1 is 0.718 bits per heavy atom. The third-order valence-electron chi connectivity index (χ3n) is 7.81. The lowest BCUT2D eigenvalue weighted by Gasteiger charge is -2.19. The number of hydrogen-bond acceptors (Lipinski definition) is 3. The largest absolute Gasteiger partial charge is 0.497 e. The van der Waals surface area contributed by atoms with Crippen molar-refractivity contribution >= 4 is 66.1 Å². The van der Waals surface area contributed by atoms with Crippen LogP contribution in [0.15, 0.2) is 83.3 Å². The molecular weight excluding hydrogens is 506 g/mol. The molecule has 0 aliphatic rings. The summed E-state index contributed by atoms with van der Waals surface area (Å²) >= 11 is 6.94. The number of benzene rings is 5. The molecule has 39 heavy (non-hydrogen) atoms. The molecule has 0 bridgehead atoms. The summed E-state index contributed by atoms with van der Waals surface area (Å²) in [7, 11) is 3.38. The van der Waals surface area contributed by atoms with Gasteiger partial charge in [-0.2, -0.15) is 0 Å². The minimum absolute atomic E-state index is 0.00794. The van der Waals surface area contributed by atoms with Crippen molar-refractivity contribution in [3.05, 3.63) is 89.4 Å². The molecule has 7 rings (SSSR count). The van der Waals surface area contributed by atoms with Gasteiger partial charge in [-0.15, -0.1) is 0 Å². The van der Waals surface area contributed by atoms with E-state index in [-0.39, 0.29) is 5.41 Å². The van der Waals surface area contributed by atoms with Crippen LogP contribution in [0.25, 0.3) is 60.2 Å². The summed E-state index contributed by atoms with van der Waals surface area (Å²) in [5, 5.41) is 7.23. The van der Waals surface area contributed by atoms with Gasteiger partial charge in [0.05, 0.1) is 35.7 Å². The first kappa shape index (κ1) is 23.9. The van der Waals surface area contributed by atoms with Crippen LogP contribution in [0, 0.1) is 0 Å². The Labute approximate surface area is 231 Å². The van der Waals surface area contributed by atoms with Crippen LogP contribution in [0.2, 0.25) is 5.02 Å². The van der Waals surface area contributed by atoms with Crippen molar-refractivity contribution in [2.24, 2.45) is 0 Å². The maximum atomic E-state index is 6.94. The fourth-order valence-corrected chi connectivity index (χ4v) is 6.05. The van der Waals surface area contributed by atoms with Gasteiger partial charge in [-0.1, -0.05) is 50.6 Å². The molecule has 0 saturated heterocycles. The van der Waals surface area contributed by atoms with E-state index in [1.165, 1.54) is 5.56 Å². The number of rotatable bonds is 3. The molecule has 0 atom stereocenters. The third-order valence-corrected chi connectivity index (χ3v) is 8.11. The van der Waals surface area contributed by atoms with Gasteiger partial charge in [-0.3, -0.25) is 0 Å². The van der Waals surface area contributed by atoms with Crippen LogP contribution in [0.3, 0.4) is 0 Å². The van der Waals surface area contributed by atoms with E-state index >= 15 is 0 Å². The van der Waals surface area contributed by atoms with Crippen LogP contribution < -0.4 is 9.47 Å². The lowest BCUT2D eigenvalue weighted by molar-refractivity contribution is 0.414. The van der Waals surface area contributed by atoms with E-state index in [0.29, 0.717) is 5.02 Å². The van der Waals surface area contributed by atoms with Gasteiger partial charge in [0.2, 0.25) is 0 Å². The van der Waals surface area contributed by atoms with Crippen molar-refractivity contribution in [2.75, 3.05) is 14.2 Å². The van der Waals surface area contributed by atoms with E-state index in [1.807, 2.05) is 30.3 Å². The molecule has 0 radical (unpaired) electrons. The lowest BCUT2D eigenvalue weighted by atomic mass is 9.86. The highest BCUT2D eigenvalue weighted by molar-refractivity contribution is 6.37. The second-order valence-corrected chi connectivity index (χ2v) is 11.5. The van der Waals surface area contributed by atoms with Crippen molar-refractivity contribution < 1.29 is 13.9 Å². The zero-order valence-electron chi connectivity index (χ0n) is 22.6. The summed E-state index contributed by atoms with van der Waals surface area (Å²) < 4.78 is 19.8. The molecule has 0 unspecified atom stereocenters. The second-order valence-electron chi connectivity index (χ2n) is 11.1. The van der Waals surface area contributed by atoms with E-state index in [0.717, 1.165) is 71.7 Å². The molecule has 0 amide bonds. The summed E-state index contributed by atoms with van der Waals surface area (Å²) in [5.41, 5.74) is 5.96. The topological polar surface area (TPSA) is 36.5 Å². The second kappa shape index (κ2) is 8.42. The first-order chi connectivity index (χ1) is 18.8. The molecular formula is C34H28ClNO3. The molecule has 0 aliphatic carbocycles. The van der Waals surface area contributed by atoms with Gasteiger partial charge in [0, 0.05) is 27.9 Å². The van der Waals surface area contributed by atoms with Crippen LogP contribution in [0.4, 0.5) is 0 Å². The molecule has 0 fully saturated rings. The molecule has 5 aromatic carbocycles. The first-order valence-electron chi connectivity index (χ1n) is 13.0. The molecule has 4 nitrogen and oxygen atoms in total. The highest BCUT2D eigenvalue weighted by atomic mass is 35.5. The fourth-order valence-electron chi connectivity index (χ4n) is 5.81. The van der Waals surface area contributed by atoms with Gasteiger partial charge in [0.1, 0.15) is 22.7 Å². The van der Waals surface area contributed by atoms with Crippen LogP contribution >= 0.6 is 11.6 Å². The highest BCUT2D eigenvalue weighted by Gasteiger charge is 2.22. The lowest BCUT2D eigenvalue weighted by Crippen LogP contribution is -2.10. The highest BCUT2D eigenvalue weighted by Crippen LogP contribution is 2.44. The van der Waals surface area contributed by atoms with E-state index in [4.69, 9.17) is 25.5 Å². The SMILES string of the molecule is COc1ccc2c(c1)oc1ccc3ccc(-n4c5ccc(C(C)(C)C)cc5c5c(OC)ccc(Cl)c54)cc3c12. The van der Waals surface area contributed by atoms with E-state index in [2.05, 4.69) is 73.9 Å². The van der Waals surface area contributed by atoms with Crippen LogP contribution in [0.1, 0.15) is 26.3 Å². The average Bonchev–Trinajstić information content (AvgIpc) is 3.48. The molecule has 0 saturated carbocycles. The summed E-state index contributed by atoms with van der Waals surface area (Å²) in [4.78, 5) is 0. The summed E-state index contributed by atoms with van der Waals surface area (Å²) in [6, 6.07) is 27.3. The van der Waals surface area contributed by atoms with Crippen LogP contribution in [-0.4, -0.2) is 18.8 Å². The van der Waals surface area contributed by atoms with Gasteiger partial charge in [0.15, 0.2) is 0 Å². The Morgan fingerprint density at radius 3 is 2.31 bits per heavy atom. The van der Waals surface area contributed by atoms with Crippen molar-refractivity contribution in [3.63, 3.8) is 0 Å². The Hall–Kier alpha value is -4.15. The zero-order valence-corrected chi connectivity index (χ0v) is 23.3. The number of methoxy groups -OCH3 is 2. The predicted molar refractivity (Wildman–Crippen MR) is 162 cm³/mol. The summed E-state index contributed by atoms with van der Waals surface area (Å²) in [6.07, 6.45) is 0. The number of furan rings is 1. The van der Waals surface area contributed by atoms with Crippen molar-refractivity contribution in [1.29, 1.82) is 0 Å². The zero-order chi connectivity index (χ0) is 27.1. The Kier molecular flexibility index (Phi) is 5.17. The minimum atomic E-state index is 0.00794. The quantitative estimate of drug-likeness (QED) is 0.227. The van der Waals surface area contributed by atoms with Crippen molar-refractivity contribution in [2.45, 2.75) is 26.2 Å². The molecule has 0 aliphatic heterocycles. The van der Waals surface area contributed by atoms with Crippen LogP contribution in [0.5, 0.6) is 11.5 Å². The Balaban J connectivity index is 1.59. The predicted octanol–water partition coefficient (Wildman–Crippen LogP) is 9.80. The maximum absolute atomic E-state index is 6.94. The summed E-state index contributed by atoms with van der Waals surface area (Å²) in [5.74, 6) is 1.58. The minimum Gasteiger partial charge on any atom is -0.497 e. The first-order valence-corrected chi connectivity index (χ1v) is 13.4. The van der Waals surface area contributed by atoms with Crippen molar-refractivity contribution in [3.8, 4) is 17.2 Å². The monoisotopic (exact) mass is 533 g/mol. The number of halogens is 1. The van der Waals surface area contributed by atoms with Gasteiger partial charge in [-0.25, -0.2) is 0 Å². The molecule has 2 aromatic heterocycles. The molecule has 0 N–H and O–H groups in total. The molecule has 2 heterocycles. The molecule has 194 valence electrons. The summed E-state index contributed by atoms with van der Waals surface area (Å²) in [6.45, 7) is 6.70. The fraction of sp³-hybridized carbons (Fsp3) is 0.176. The van der Waals surface area contributed by atoms with E-state index in [1.54, 1.807) is 14.2 Å². The number of hydrogen-bond donors (Lipinski definition) is 0. The molecule has 5 heteroatoms. The van der Waals surface area contributed by atoms with Crippen LogP contribution in [-0.2, 0) is 5.41 Å². The molecule has 0 spiro atoms. The Bertz CT molecular complexity index is 2090. The van der Waals surface area contributed by atoms with Gasteiger partial charge >= 0.3 is 0 Å². The number of ether oxygens (including phenoxy) is 2. The van der Waals surface area contributed by atoms with Crippen molar-refractivity contribution in [1.82, 2.24) is 4.57 Å². The maximum Gasteiger partial charge on any atom is 0.139 e.